The molecule has 1 aliphatic heterocycles. The number of carbonyl (C=O) groups excluding carboxylic acids is 1. The van der Waals surface area contributed by atoms with Gasteiger partial charge in [-0.05, 0) is 30.5 Å². The smallest absolute Gasteiger partial charge is 0.227 e. The summed E-state index contributed by atoms with van der Waals surface area (Å²) in [5.41, 5.74) is 0.956. The highest BCUT2D eigenvalue weighted by molar-refractivity contribution is 6.30. The van der Waals surface area contributed by atoms with Crippen molar-refractivity contribution in [3.05, 3.63) is 46.6 Å². The number of nitrogens with zero attached hydrogens (tertiary/aromatic N) is 3. The minimum absolute atomic E-state index is 0.115. The summed E-state index contributed by atoms with van der Waals surface area (Å²) in [6.45, 7) is 2.54. The predicted octanol–water partition coefficient (Wildman–Crippen LogP) is 2.98. The SMILES string of the molecule is O=C(CCc1nnc(C2(c3ccc(Cl)cc3)CCC2)o1)N1CCOCC1. The normalized spacial score (nSPS) is 19.2. The zero-order valence-electron chi connectivity index (χ0n) is 14.6. The predicted molar refractivity (Wildman–Crippen MR) is 96.1 cm³/mol. The first-order valence-electron chi connectivity index (χ1n) is 9.12. The van der Waals surface area contributed by atoms with E-state index in [1.807, 2.05) is 29.2 Å². The van der Waals surface area contributed by atoms with Crippen molar-refractivity contribution >= 4 is 17.5 Å². The van der Waals surface area contributed by atoms with E-state index >= 15 is 0 Å². The first-order chi connectivity index (χ1) is 12.7. The monoisotopic (exact) mass is 375 g/mol. The summed E-state index contributed by atoms with van der Waals surface area (Å²) in [6.07, 6.45) is 3.97. The van der Waals surface area contributed by atoms with Gasteiger partial charge in [-0.15, -0.1) is 10.2 Å². The minimum atomic E-state index is -0.204. The Labute approximate surface area is 157 Å². The molecule has 1 aliphatic carbocycles. The van der Waals surface area contributed by atoms with Crippen LogP contribution < -0.4 is 0 Å². The highest BCUT2D eigenvalue weighted by Gasteiger charge is 2.45. The standard InChI is InChI=1S/C19H22ClN3O3/c20-15-4-2-14(3-5-15)19(8-1-9-19)18-22-21-16(26-18)6-7-17(24)23-10-12-25-13-11-23/h2-5H,1,6-13H2. The Morgan fingerprint density at radius 2 is 1.88 bits per heavy atom. The van der Waals surface area contributed by atoms with Crippen molar-refractivity contribution < 1.29 is 13.9 Å². The summed E-state index contributed by atoms with van der Waals surface area (Å²) in [4.78, 5) is 14.1. The Hall–Kier alpha value is -1.92. The first kappa shape index (κ1) is 17.5. The number of hydrogen-bond donors (Lipinski definition) is 0. The summed E-state index contributed by atoms with van der Waals surface area (Å²) >= 11 is 6.01. The number of halogens is 1. The number of benzene rings is 1. The Morgan fingerprint density at radius 3 is 2.54 bits per heavy atom. The van der Waals surface area contributed by atoms with Crippen LogP contribution in [0.25, 0.3) is 0 Å². The molecule has 26 heavy (non-hydrogen) atoms. The fraction of sp³-hybridized carbons (Fsp3) is 0.526. The largest absolute Gasteiger partial charge is 0.424 e. The summed E-state index contributed by atoms with van der Waals surface area (Å²) in [5.74, 6) is 1.30. The van der Waals surface area contributed by atoms with Crippen LogP contribution in [0, 0.1) is 0 Å². The van der Waals surface area contributed by atoms with Crippen LogP contribution in [0.4, 0.5) is 0 Å². The van der Waals surface area contributed by atoms with Crippen molar-refractivity contribution in [3.8, 4) is 0 Å². The van der Waals surface area contributed by atoms with Crippen LogP contribution >= 0.6 is 11.6 Å². The molecule has 6 nitrogen and oxygen atoms in total. The summed E-state index contributed by atoms with van der Waals surface area (Å²) in [6, 6.07) is 7.87. The lowest BCUT2D eigenvalue weighted by molar-refractivity contribution is -0.135. The van der Waals surface area contributed by atoms with Crippen LogP contribution in [-0.4, -0.2) is 47.3 Å². The Kier molecular flexibility index (Phi) is 4.96. The maximum Gasteiger partial charge on any atom is 0.227 e. The van der Waals surface area contributed by atoms with Crippen LogP contribution in [0.15, 0.2) is 28.7 Å². The molecule has 4 rings (SSSR count). The van der Waals surface area contributed by atoms with Crippen molar-refractivity contribution in [1.82, 2.24) is 15.1 Å². The lowest BCUT2D eigenvalue weighted by Crippen LogP contribution is -2.40. The molecule has 2 aromatic rings. The summed E-state index contributed by atoms with van der Waals surface area (Å²) in [5, 5.41) is 9.21. The van der Waals surface area contributed by atoms with Crippen molar-refractivity contribution in [3.63, 3.8) is 0 Å². The maximum atomic E-state index is 12.3. The number of carbonyl (C=O) groups is 1. The number of morpholine rings is 1. The van der Waals surface area contributed by atoms with Gasteiger partial charge in [-0.3, -0.25) is 4.79 Å². The molecule has 1 saturated carbocycles. The van der Waals surface area contributed by atoms with E-state index in [1.54, 1.807) is 0 Å². The van der Waals surface area contributed by atoms with Crippen LogP contribution in [0.3, 0.4) is 0 Å². The number of ether oxygens (including phenoxy) is 1. The average molecular weight is 376 g/mol. The number of aromatic nitrogens is 2. The molecule has 1 aromatic heterocycles. The second-order valence-corrected chi connectivity index (χ2v) is 7.37. The highest BCUT2D eigenvalue weighted by atomic mass is 35.5. The number of amides is 1. The van der Waals surface area contributed by atoms with Gasteiger partial charge in [0.2, 0.25) is 17.7 Å². The minimum Gasteiger partial charge on any atom is -0.424 e. The maximum absolute atomic E-state index is 12.3. The molecule has 0 spiro atoms. The molecular formula is C19H22ClN3O3. The summed E-state index contributed by atoms with van der Waals surface area (Å²) < 4.78 is 11.2. The zero-order chi connectivity index (χ0) is 18.0. The molecule has 0 unspecified atom stereocenters. The molecule has 0 atom stereocenters. The molecule has 2 aliphatic rings. The van der Waals surface area contributed by atoms with E-state index in [9.17, 15) is 4.79 Å². The molecule has 1 aromatic carbocycles. The van der Waals surface area contributed by atoms with Gasteiger partial charge in [-0.1, -0.05) is 30.2 Å². The highest BCUT2D eigenvalue weighted by Crippen LogP contribution is 2.48. The van der Waals surface area contributed by atoms with E-state index < -0.39 is 0 Å². The Morgan fingerprint density at radius 1 is 1.15 bits per heavy atom. The van der Waals surface area contributed by atoms with Gasteiger partial charge in [0, 0.05) is 31.0 Å². The molecule has 1 saturated heterocycles. The van der Waals surface area contributed by atoms with E-state index in [2.05, 4.69) is 10.2 Å². The van der Waals surface area contributed by atoms with Gasteiger partial charge < -0.3 is 14.1 Å². The van der Waals surface area contributed by atoms with Gasteiger partial charge in [0.25, 0.3) is 0 Å². The number of rotatable bonds is 5. The van der Waals surface area contributed by atoms with Gasteiger partial charge in [0.15, 0.2) is 0 Å². The Balaban J connectivity index is 1.43. The van der Waals surface area contributed by atoms with Crippen molar-refractivity contribution in [2.75, 3.05) is 26.3 Å². The van der Waals surface area contributed by atoms with Crippen molar-refractivity contribution in [2.45, 2.75) is 37.5 Å². The van der Waals surface area contributed by atoms with Crippen LogP contribution in [0.2, 0.25) is 5.02 Å². The number of aryl methyl sites for hydroxylation is 1. The van der Waals surface area contributed by atoms with Crippen molar-refractivity contribution in [2.24, 2.45) is 0 Å². The zero-order valence-corrected chi connectivity index (χ0v) is 15.4. The molecule has 7 heteroatoms. The fourth-order valence-corrected chi connectivity index (χ4v) is 3.78. The van der Waals surface area contributed by atoms with Gasteiger partial charge in [0.05, 0.1) is 18.6 Å². The lowest BCUT2D eigenvalue weighted by Gasteiger charge is -2.39. The van der Waals surface area contributed by atoms with Gasteiger partial charge in [0.1, 0.15) is 0 Å². The van der Waals surface area contributed by atoms with Gasteiger partial charge in [-0.2, -0.15) is 0 Å². The first-order valence-corrected chi connectivity index (χ1v) is 9.50. The lowest BCUT2D eigenvalue weighted by atomic mass is 9.64. The quantitative estimate of drug-likeness (QED) is 0.803. The molecule has 0 radical (unpaired) electrons. The molecule has 0 bridgehead atoms. The van der Waals surface area contributed by atoms with Crippen LogP contribution in [0.5, 0.6) is 0 Å². The molecule has 0 N–H and O–H groups in total. The molecule has 1 amide bonds. The molecule has 2 fully saturated rings. The third-order valence-electron chi connectivity index (χ3n) is 5.40. The molecule has 2 heterocycles. The third-order valence-corrected chi connectivity index (χ3v) is 5.65. The van der Waals surface area contributed by atoms with Gasteiger partial charge in [-0.25, -0.2) is 0 Å². The summed E-state index contributed by atoms with van der Waals surface area (Å²) in [7, 11) is 0. The van der Waals surface area contributed by atoms with E-state index in [4.69, 9.17) is 20.8 Å². The Bertz CT molecular complexity index is 765. The average Bonchev–Trinajstić information content (AvgIpc) is 3.10. The molecular weight excluding hydrogens is 354 g/mol. The van der Waals surface area contributed by atoms with Crippen LogP contribution in [-0.2, 0) is 21.4 Å². The van der Waals surface area contributed by atoms with Crippen molar-refractivity contribution in [1.29, 1.82) is 0 Å². The second-order valence-electron chi connectivity index (χ2n) is 6.94. The van der Waals surface area contributed by atoms with Gasteiger partial charge >= 0.3 is 0 Å². The van der Waals surface area contributed by atoms with E-state index in [0.717, 1.165) is 29.8 Å². The van der Waals surface area contributed by atoms with E-state index in [-0.39, 0.29) is 11.3 Å². The third kappa shape index (κ3) is 3.35. The number of hydrogen-bond acceptors (Lipinski definition) is 5. The second kappa shape index (κ2) is 7.37. The fourth-order valence-electron chi connectivity index (χ4n) is 3.66. The van der Waals surface area contributed by atoms with Crippen LogP contribution in [0.1, 0.15) is 43.0 Å². The van der Waals surface area contributed by atoms with E-state index in [1.165, 1.54) is 0 Å². The van der Waals surface area contributed by atoms with E-state index in [0.29, 0.717) is 50.9 Å². The molecule has 138 valence electrons. The topological polar surface area (TPSA) is 68.5 Å².